The van der Waals surface area contributed by atoms with Gasteiger partial charge in [-0.1, -0.05) is 33.2 Å². The van der Waals surface area contributed by atoms with Crippen LogP contribution in [0, 0.1) is 6.92 Å². The van der Waals surface area contributed by atoms with E-state index in [1.165, 1.54) is 11.6 Å². The lowest BCUT2D eigenvalue weighted by atomic mass is 10.1. The molecule has 4 aromatic rings. The van der Waals surface area contributed by atoms with Crippen LogP contribution in [0.1, 0.15) is 5.76 Å². The Morgan fingerprint density at radius 3 is 2.38 bits per heavy atom. The van der Waals surface area contributed by atoms with Gasteiger partial charge in [0.05, 0.1) is 16.6 Å². The summed E-state index contributed by atoms with van der Waals surface area (Å²) in [6.45, 7) is 1.80. The zero-order valence-corrected chi connectivity index (χ0v) is 15.9. The lowest BCUT2D eigenvalue weighted by Gasteiger charge is -2.07. The zero-order valence-electron chi connectivity index (χ0n) is 14.4. The van der Waals surface area contributed by atoms with Crippen LogP contribution in [-0.2, 0) is 14.1 Å². The molecule has 0 saturated heterocycles. The van der Waals surface area contributed by atoms with Crippen molar-refractivity contribution in [2.75, 3.05) is 0 Å². The summed E-state index contributed by atoms with van der Waals surface area (Å²) in [5.41, 5.74) is 1.31. The topological polar surface area (TPSA) is 75.0 Å². The normalized spacial score (nSPS) is 11.4. The molecular formula is C18H15BrN4O3. The summed E-state index contributed by atoms with van der Waals surface area (Å²) in [6, 6.07) is 9.40. The first-order valence-corrected chi connectivity index (χ1v) is 8.68. The van der Waals surface area contributed by atoms with Crippen molar-refractivity contribution in [3.05, 3.63) is 67.6 Å². The number of halogens is 1. The Labute approximate surface area is 156 Å². The van der Waals surface area contributed by atoms with Gasteiger partial charge in [-0.25, -0.2) is 4.79 Å². The van der Waals surface area contributed by atoms with Crippen LogP contribution >= 0.6 is 15.9 Å². The Hall–Kier alpha value is -2.87. The summed E-state index contributed by atoms with van der Waals surface area (Å²) in [5, 5.41) is 4.53. The molecule has 0 N–H and O–H groups in total. The van der Waals surface area contributed by atoms with E-state index in [9.17, 15) is 9.59 Å². The van der Waals surface area contributed by atoms with Crippen LogP contribution < -0.4 is 11.2 Å². The van der Waals surface area contributed by atoms with Crippen molar-refractivity contribution in [1.29, 1.82) is 0 Å². The number of benzene rings is 1. The predicted molar refractivity (Wildman–Crippen MR) is 102 cm³/mol. The highest BCUT2D eigenvalue weighted by atomic mass is 79.9. The molecule has 0 aliphatic heterocycles. The molecule has 0 spiro atoms. The molecule has 0 amide bonds. The highest BCUT2D eigenvalue weighted by Crippen LogP contribution is 2.31. The van der Waals surface area contributed by atoms with E-state index in [1.807, 2.05) is 24.3 Å². The summed E-state index contributed by atoms with van der Waals surface area (Å²) < 4.78 is 10.5. The van der Waals surface area contributed by atoms with Crippen molar-refractivity contribution in [2.45, 2.75) is 6.92 Å². The molecular weight excluding hydrogens is 400 g/mol. The molecule has 0 bridgehead atoms. The fourth-order valence-corrected chi connectivity index (χ4v) is 3.34. The van der Waals surface area contributed by atoms with E-state index in [1.54, 1.807) is 30.8 Å². The number of nitrogens with zero attached hydrogens (tertiary/aromatic N) is 4. The number of rotatable bonds is 2. The van der Waals surface area contributed by atoms with Gasteiger partial charge in [0.2, 0.25) is 0 Å². The summed E-state index contributed by atoms with van der Waals surface area (Å²) in [7, 11) is 3.13. The van der Waals surface area contributed by atoms with Gasteiger partial charge in [0.25, 0.3) is 5.56 Å². The highest BCUT2D eigenvalue weighted by molar-refractivity contribution is 9.10. The van der Waals surface area contributed by atoms with Crippen molar-refractivity contribution >= 4 is 26.8 Å². The number of hydrogen-bond donors (Lipinski definition) is 0. The molecule has 132 valence electrons. The molecule has 3 aromatic heterocycles. The summed E-state index contributed by atoms with van der Waals surface area (Å²) >= 11 is 3.43. The van der Waals surface area contributed by atoms with Crippen LogP contribution in [0.25, 0.3) is 28.0 Å². The van der Waals surface area contributed by atoms with Gasteiger partial charge in [0.15, 0.2) is 5.82 Å². The third-order valence-corrected chi connectivity index (χ3v) is 4.95. The maximum atomic E-state index is 12.9. The average Bonchev–Trinajstić information content (AvgIpc) is 3.22. The van der Waals surface area contributed by atoms with Gasteiger partial charge in [-0.15, -0.1) is 0 Å². The van der Waals surface area contributed by atoms with E-state index in [0.717, 1.165) is 14.6 Å². The monoisotopic (exact) mass is 414 g/mol. The third-order valence-electron chi connectivity index (χ3n) is 4.42. The van der Waals surface area contributed by atoms with Crippen molar-refractivity contribution in [3.8, 4) is 17.1 Å². The lowest BCUT2D eigenvalue weighted by molar-refractivity contribution is 0.395. The second kappa shape index (κ2) is 5.84. The standard InChI is InChI=1S/C18H15BrN4O3/c1-10-8-14(20-26-10)23-9-13-15(17(24)22(3)18(25)21(13)2)16(23)11-4-6-12(19)7-5-11/h4-9H,1-3H3. The van der Waals surface area contributed by atoms with Gasteiger partial charge < -0.3 is 4.52 Å². The Bertz CT molecular complexity index is 1260. The van der Waals surface area contributed by atoms with Crippen LogP contribution in [0.3, 0.4) is 0 Å². The fraction of sp³-hybridized carbons (Fsp3) is 0.167. The van der Waals surface area contributed by atoms with E-state index >= 15 is 0 Å². The van der Waals surface area contributed by atoms with Crippen LogP contribution in [0.15, 0.2) is 55.1 Å². The maximum absolute atomic E-state index is 12.9. The second-order valence-corrected chi connectivity index (χ2v) is 7.03. The molecule has 0 aliphatic rings. The number of aromatic nitrogens is 4. The van der Waals surface area contributed by atoms with E-state index in [4.69, 9.17) is 4.52 Å². The lowest BCUT2D eigenvalue weighted by Crippen LogP contribution is -2.36. The maximum Gasteiger partial charge on any atom is 0.330 e. The van der Waals surface area contributed by atoms with Crippen molar-refractivity contribution in [3.63, 3.8) is 0 Å². The quantitative estimate of drug-likeness (QED) is 0.505. The minimum atomic E-state index is -0.377. The summed E-state index contributed by atoms with van der Waals surface area (Å²) in [5.74, 6) is 1.20. The van der Waals surface area contributed by atoms with Crippen molar-refractivity contribution < 1.29 is 4.52 Å². The molecule has 3 heterocycles. The number of hydrogen-bond acceptors (Lipinski definition) is 4. The van der Waals surface area contributed by atoms with Gasteiger partial charge in [-0.3, -0.25) is 18.5 Å². The SMILES string of the molecule is Cc1cc(-n2cc3c(c2-c2ccc(Br)cc2)c(=O)n(C)c(=O)n3C)no1. The third kappa shape index (κ3) is 2.37. The Morgan fingerprint density at radius 1 is 1.08 bits per heavy atom. The first-order valence-electron chi connectivity index (χ1n) is 7.89. The Morgan fingerprint density at radius 2 is 1.77 bits per heavy atom. The van der Waals surface area contributed by atoms with E-state index in [2.05, 4.69) is 21.1 Å². The van der Waals surface area contributed by atoms with Gasteiger partial charge >= 0.3 is 5.69 Å². The van der Waals surface area contributed by atoms with E-state index in [-0.39, 0.29) is 11.2 Å². The molecule has 1 aromatic carbocycles. The van der Waals surface area contributed by atoms with Crippen LogP contribution in [0.2, 0.25) is 0 Å². The molecule has 4 rings (SSSR count). The average molecular weight is 415 g/mol. The smallest absolute Gasteiger partial charge is 0.330 e. The molecule has 8 heteroatoms. The molecule has 0 radical (unpaired) electrons. The molecule has 0 aliphatic carbocycles. The molecule has 7 nitrogen and oxygen atoms in total. The van der Waals surface area contributed by atoms with Gasteiger partial charge in [0.1, 0.15) is 5.76 Å². The first kappa shape index (κ1) is 16.6. The zero-order chi connectivity index (χ0) is 18.6. The minimum Gasteiger partial charge on any atom is -0.360 e. The van der Waals surface area contributed by atoms with Crippen molar-refractivity contribution in [1.82, 2.24) is 18.9 Å². The number of aryl methyl sites for hydroxylation is 2. The van der Waals surface area contributed by atoms with Crippen LogP contribution in [-0.4, -0.2) is 18.9 Å². The van der Waals surface area contributed by atoms with Crippen LogP contribution in [0.5, 0.6) is 0 Å². The molecule has 0 unspecified atom stereocenters. The second-order valence-electron chi connectivity index (χ2n) is 6.12. The largest absolute Gasteiger partial charge is 0.360 e. The summed E-state index contributed by atoms with van der Waals surface area (Å²) in [4.78, 5) is 25.2. The van der Waals surface area contributed by atoms with Crippen LogP contribution in [0.4, 0.5) is 0 Å². The number of fused-ring (bicyclic) bond motifs is 1. The first-order chi connectivity index (χ1) is 12.4. The summed E-state index contributed by atoms with van der Waals surface area (Å²) in [6.07, 6.45) is 1.74. The predicted octanol–water partition coefficient (Wildman–Crippen LogP) is 2.75. The molecule has 0 saturated carbocycles. The van der Waals surface area contributed by atoms with Gasteiger partial charge in [0, 0.05) is 30.8 Å². The molecule has 26 heavy (non-hydrogen) atoms. The molecule has 0 fully saturated rings. The van der Waals surface area contributed by atoms with Gasteiger partial charge in [-0.2, -0.15) is 0 Å². The van der Waals surface area contributed by atoms with E-state index in [0.29, 0.717) is 28.2 Å². The highest BCUT2D eigenvalue weighted by Gasteiger charge is 2.21. The Balaban J connectivity index is 2.20. The van der Waals surface area contributed by atoms with E-state index < -0.39 is 0 Å². The Kier molecular flexibility index (Phi) is 3.73. The van der Waals surface area contributed by atoms with Crippen molar-refractivity contribution in [2.24, 2.45) is 14.1 Å². The van der Waals surface area contributed by atoms with Gasteiger partial charge in [-0.05, 0) is 24.6 Å². The molecule has 0 atom stereocenters. The fourth-order valence-electron chi connectivity index (χ4n) is 3.08. The minimum absolute atomic E-state index is 0.347.